The average Bonchev–Trinajstić information content (AvgIpc) is 3.17. The van der Waals surface area contributed by atoms with Crippen molar-refractivity contribution in [3.63, 3.8) is 0 Å². The van der Waals surface area contributed by atoms with Crippen LogP contribution in [0.4, 0.5) is 4.39 Å². The fourth-order valence-corrected chi connectivity index (χ4v) is 3.71. The van der Waals surface area contributed by atoms with Gasteiger partial charge in [0.05, 0.1) is 6.04 Å². The number of rotatable bonds is 5. The fraction of sp³-hybridized carbons (Fsp3) is 0.364. The zero-order chi connectivity index (χ0) is 19.5. The predicted molar refractivity (Wildman–Crippen MR) is 105 cm³/mol. The number of likely N-dealkylation sites (tertiary alicyclic amines) is 1. The molecule has 5 nitrogen and oxygen atoms in total. The number of hydrogen-bond donors (Lipinski definition) is 1. The molecule has 1 N–H and O–H groups in total. The van der Waals surface area contributed by atoms with Crippen LogP contribution < -0.4 is 5.32 Å². The van der Waals surface area contributed by atoms with E-state index in [0.29, 0.717) is 6.54 Å². The van der Waals surface area contributed by atoms with Crippen molar-refractivity contribution < 1.29 is 13.6 Å². The summed E-state index contributed by atoms with van der Waals surface area (Å²) in [5.41, 5.74) is 2.58. The third-order valence-electron chi connectivity index (χ3n) is 5.50. The van der Waals surface area contributed by atoms with Crippen LogP contribution >= 0.6 is 0 Å². The minimum atomic E-state index is -0.268. The molecule has 1 aliphatic heterocycles. The average molecular weight is 381 g/mol. The van der Waals surface area contributed by atoms with Crippen molar-refractivity contribution in [1.29, 1.82) is 0 Å². The molecule has 0 spiro atoms. The molecule has 4 rings (SSSR count). The molecule has 1 fully saturated rings. The number of hydrogen-bond acceptors (Lipinski definition) is 4. The maximum absolute atomic E-state index is 13.0. The lowest BCUT2D eigenvalue weighted by Crippen LogP contribution is -2.41. The fourth-order valence-electron chi connectivity index (χ4n) is 3.71. The lowest BCUT2D eigenvalue weighted by molar-refractivity contribution is -0.126. The number of halogens is 1. The molecule has 0 saturated carbocycles. The van der Waals surface area contributed by atoms with E-state index in [4.69, 9.17) is 4.42 Å². The van der Waals surface area contributed by atoms with Crippen LogP contribution in [0, 0.1) is 11.7 Å². The Balaban J connectivity index is 1.29. The number of amides is 1. The normalized spacial score (nSPS) is 16.9. The number of fused-ring (bicyclic) bond motifs is 1. The van der Waals surface area contributed by atoms with Gasteiger partial charge in [-0.3, -0.25) is 9.69 Å². The number of aromatic nitrogens is 1. The van der Waals surface area contributed by atoms with Crippen molar-refractivity contribution >= 4 is 17.0 Å². The standard InChI is InChI=1S/C22H24FN3O2/c1-15(22-25-19-4-2-3-5-20(19)28-22)26-12-10-17(11-13-26)21(27)24-14-16-6-8-18(23)9-7-16/h2-9,15,17H,10-14H2,1H3,(H,24,27)/t15-/m0/s1. The van der Waals surface area contributed by atoms with Gasteiger partial charge in [0.25, 0.3) is 0 Å². The van der Waals surface area contributed by atoms with Crippen molar-refractivity contribution in [3.8, 4) is 0 Å². The predicted octanol–water partition coefficient (Wildman–Crippen LogP) is 4.06. The van der Waals surface area contributed by atoms with E-state index in [1.54, 1.807) is 12.1 Å². The Morgan fingerprint density at radius 3 is 2.64 bits per heavy atom. The molecule has 2 aromatic carbocycles. The molecule has 1 saturated heterocycles. The van der Waals surface area contributed by atoms with Gasteiger partial charge in [-0.15, -0.1) is 0 Å². The highest BCUT2D eigenvalue weighted by atomic mass is 19.1. The number of carbonyl (C=O) groups excluding carboxylic acids is 1. The van der Waals surface area contributed by atoms with Crippen LogP contribution in [0.25, 0.3) is 11.1 Å². The summed E-state index contributed by atoms with van der Waals surface area (Å²) < 4.78 is 18.9. The SMILES string of the molecule is C[C@@H](c1nc2ccccc2o1)N1CCC(C(=O)NCc2ccc(F)cc2)CC1. The van der Waals surface area contributed by atoms with Gasteiger partial charge in [-0.05, 0) is 62.7 Å². The Bertz CT molecular complexity index is 913. The minimum Gasteiger partial charge on any atom is -0.439 e. The van der Waals surface area contributed by atoms with E-state index in [9.17, 15) is 9.18 Å². The number of para-hydroxylation sites is 2. The van der Waals surface area contributed by atoms with Crippen molar-refractivity contribution in [2.24, 2.45) is 5.92 Å². The zero-order valence-electron chi connectivity index (χ0n) is 15.9. The Hall–Kier alpha value is -2.73. The number of carbonyl (C=O) groups is 1. The molecule has 2 heterocycles. The quantitative estimate of drug-likeness (QED) is 0.724. The van der Waals surface area contributed by atoms with Gasteiger partial charge in [-0.1, -0.05) is 24.3 Å². The highest BCUT2D eigenvalue weighted by Gasteiger charge is 2.29. The van der Waals surface area contributed by atoms with E-state index >= 15 is 0 Å². The van der Waals surface area contributed by atoms with Crippen molar-refractivity contribution in [2.45, 2.75) is 32.4 Å². The first kappa shape index (κ1) is 18.6. The van der Waals surface area contributed by atoms with E-state index in [-0.39, 0.29) is 23.7 Å². The Morgan fingerprint density at radius 2 is 1.93 bits per heavy atom. The van der Waals surface area contributed by atoms with Crippen LogP contribution in [0.15, 0.2) is 52.9 Å². The summed E-state index contributed by atoms with van der Waals surface area (Å²) in [7, 11) is 0. The summed E-state index contributed by atoms with van der Waals surface area (Å²) in [6, 6.07) is 14.1. The van der Waals surface area contributed by atoms with Gasteiger partial charge >= 0.3 is 0 Å². The molecule has 3 aromatic rings. The molecule has 1 aromatic heterocycles. The summed E-state index contributed by atoms with van der Waals surface area (Å²) >= 11 is 0. The molecule has 0 unspecified atom stereocenters. The molecule has 6 heteroatoms. The number of nitrogens with zero attached hydrogens (tertiary/aromatic N) is 2. The third-order valence-corrected chi connectivity index (χ3v) is 5.50. The smallest absolute Gasteiger partial charge is 0.223 e. The molecule has 0 radical (unpaired) electrons. The van der Waals surface area contributed by atoms with E-state index in [1.165, 1.54) is 12.1 Å². The van der Waals surface area contributed by atoms with Crippen molar-refractivity contribution in [3.05, 3.63) is 65.8 Å². The second-order valence-electron chi connectivity index (χ2n) is 7.35. The monoisotopic (exact) mass is 381 g/mol. The second kappa shape index (κ2) is 8.10. The number of piperidine rings is 1. The minimum absolute atomic E-state index is 0.00697. The van der Waals surface area contributed by atoms with Gasteiger partial charge in [0.1, 0.15) is 11.3 Å². The van der Waals surface area contributed by atoms with Gasteiger partial charge in [-0.25, -0.2) is 9.37 Å². The third kappa shape index (κ3) is 4.07. The van der Waals surface area contributed by atoms with Gasteiger partial charge < -0.3 is 9.73 Å². The molecule has 1 atom stereocenters. The molecule has 0 bridgehead atoms. The first-order valence-electron chi connectivity index (χ1n) is 9.72. The van der Waals surface area contributed by atoms with Crippen LogP contribution in [0.3, 0.4) is 0 Å². The Kier molecular flexibility index (Phi) is 5.39. The van der Waals surface area contributed by atoms with Crippen LogP contribution in [0.5, 0.6) is 0 Å². The lowest BCUT2D eigenvalue weighted by atomic mass is 9.95. The zero-order valence-corrected chi connectivity index (χ0v) is 15.9. The molecule has 1 amide bonds. The van der Waals surface area contributed by atoms with Gasteiger partial charge in [0.2, 0.25) is 11.8 Å². The van der Waals surface area contributed by atoms with E-state index in [1.807, 2.05) is 24.3 Å². The van der Waals surface area contributed by atoms with Gasteiger partial charge in [-0.2, -0.15) is 0 Å². The summed E-state index contributed by atoms with van der Waals surface area (Å²) in [6.07, 6.45) is 1.61. The summed E-state index contributed by atoms with van der Waals surface area (Å²) in [5.74, 6) is 0.530. The van der Waals surface area contributed by atoms with Crippen molar-refractivity contribution in [1.82, 2.24) is 15.2 Å². The summed E-state index contributed by atoms with van der Waals surface area (Å²) in [5, 5.41) is 2.97. The highest BCUT2D eigenvalue weighted by Crippen LogP contribution is 2.28. The van der Waals surface area contributed by atoms with Crippen LogP contribution in [-0.2, 0) is 11.3 Å². The maximum atomic E-state index is 13.0. The van der Waals surface area contributed by atoms with Crippen LogP contribution in [0.1, 0.15) is 37.3 Å². The molecule has 1 aliphatic rings. The number of oxazole rings is 1. The van der Waals surface area contributed by atoms with Crippen LogP contribution in [0.2, 0.25) is 0 Å². The molecule has 28 heavy (non-hydrogen) atoms. The summed E-state index contributed by atoms with van der Waals surface area (Å²) in [4.78, 5) is 19.4. The Labute approximate surface area is 163 Å². The van der Waals surface area contributed by atoms with Gasteiger partial charge in [0, 0.05) is 12.5 Å². The number of benzene rings is 2. The van der Waals surface area contributed by atoms with Crippen molar-refractivity contribution in [2.75, 3.05) is 13.1 Å². The van der Waals surface area contributed by atoms with Crippen LogP contribution in [-0.4, -0.2) is 28.9 Å². The topological polar surface area (TPSA) is 58.4 Å². The largest absolute Gasteiger partial charge is 0.439 e. The van der Waals surface area contributed by atoms with Gasteiger partial charge in [0.15, 0.2) is 5.58 Å². The number of nitrogens with one attached hydrogen (secondary N) is 1. The van der Waals surface area contributed by atoms with E-state index in [2.05, 4.69) is 22.1 Å². The molecule has 0 aliphatic carbocycles. The second-order valence-corrected chi connectivity index (χ2v) is 7.35. The summed E-state index contributed by atoms with van der Waals surface area (Å²) in [6.45, 7) is 4.18. The molecular formula is C22H24FN3O2. The maximum Gasteiger partial charge on any atom is 0.223 e. The van der Waals surface area contributed by atoms with E-state index in [0.717, 1.165) is 48.5 Å². The Morgan fingerprint density at radius 1 is 1.21 bits per heavy atom. The lowest BCUT2D eigenvalue weighted by Gasteiger charge is -2.34. The first-order chi connectivity index (χ1) is 13.6. The highest BCUT2D eigenvalue weighted by molar-refractivity contribution is 5.78. The van der Waals surface area contributed by atoms with E-state index < -0.39 is 0 Å². The first-order valence-corrected chi connectivity index (χ1v) is 9.72. The molecular weight excluding hydrogens is 357 g/mol. The molecule has 146 valence electrons.